The van der Waals surface area contributed by atoms with Crippen molar-refractivity contribution in [1.29, 1.82) is 0 Å². The lowest BCUT2D eigenvalue weighted by atomic mass is 10.2. The van der Waals surface area contributed by atoms with Crippen LogP contribution >= 0.6 is 33.3 Å². The molecule has 19 heavy (non-hydrogen) atoms. The molecule has 0 aliphatic rings. The first-order valence-electron chi connectivity index (χ1n) is 5.24. The summed E-state index contributed by atoms with van der Waals surface area (Å²) in [5, 5.41) is -0.205. The summed E-state index contributed by atoms with van der Waals surface area (Å²) in [6.45, 7) is 0.350. The second-order valence-electron chi connectivity index (χ2n) is 3.68. The summed E-state index contributed by atoms with van der Waals surface area (Å²) in [4.78, 5) is 3.85. The maximum atomic E-state index is 11.3. The van der Waals surface area contributed by atoms with E-state index in [2.05, 4.69) is 4.98 Å². The third-order valence-corrected chi connectivity index (χ3v) is 3.98. The summed E-state index contributed by atoms with van der Waals surface area (Å²) in [6.07, 6.45) is 0. The zero-order valence-corrected chi connectivity index (χ0v) is 13.3. The average molecular weight is 410 g/mol. The third-order valence-electron chi connectivity index (χ3n) is 2.24. The number of nitrogens with zero attached hydrogens (tertiary/aromatic N) is 1. The van der Waals surface area contributed by atoms with Crippen molar-refractivity contribution in [2.75, 3.05) is 0 Å². The third kappa shape index (κ3) is 4.32. The van der Waals surface area contributed by atoms with Gasteiger partial charge >= 0.3 is 0 Å². The number of rotatable bonds is 4. The Kier molecular flexibility index (Phi) is 4.64. The highest BCUT2D eigenvalue weighted by Gasteiger charge is 2.14. The Morgan fingerprint density at radius 2 is 1.89 bits per heavy atom. The standard InChI is InChI=1S/C12H9ClINO3S/c13-19(16,17)12-7-10(6-11(14)15-12)18-8-9-4-2-1-3-5-9/h1-7H,8H2. The smallest absolute Gasteiger partial charge is 0.278 e. The Bertz CT molecular complexity index is 677. The normalized spacial score (nSPS) is 11.3. The van der Waals surface area contributed by atoms with E-state index in [1.807, 2.05) is 52.9 Å². The second-order valence-corrected chi connectivity index (χ2v) is 7.29. The molecule has 1 aromatic heterocycles. The van der Waals surface area contributed by atoms with Crippen LogP contribution in [-0.4, -0.2) is 13.4 Å². The molecule has 0 N–H and O–H groups in total. The van der Waals surface area contributed by atoms with E-state index in [4.69, 9.17) is 15.4 Å². The fourth-order valence-electron chi connectivity index (χ4n) is 1.40. The topological polar surface area (TPSA) is 56.3 Å². The van der Waals surface area contributed by atoms with Gasteiger partial charge in [0.1, 0.15) is 16.1 Å². The molecule has 0 spiro atoms. The van der Waals surface area contributed by atoms with E-state index in [1.165, 1.54) is 6.07 Å². The molecule has 0 fully saturated rings. The van der Waals surface area contributed by atoms with Gasteiger partial charge in [0, 0.05) is 22.8 Å². The Morgan fingerprint density at radius 1 is 1.21 bits per heavy atom. The molecular weight excluding hydrogens is 401 g/mol. The molecule has 0 bridgehead atoms. The Morgan fingerprint density at radius 3 is 2.53 bits per heavy atom. The van der Waals surface area contributed by atoms with Gasteiger partial charge in [-0.15, -0.1) is 0 Å². The first kappa shape index (κ1) is 14.5. The molecule has 0 atom stereocenters. The van der Waals surface area contributed by atoms with Crippen molar-refractivity contribution in [3.05, 3.63) is 51.7 Å². The maximum absolute atomic E-state index is 11.3. The number of hydrogen-bond donors (Lipinski definition) is 0. The molecule has 4 nitrogen and oxygen atoms in total. The maximum Gasteiger partial charge on any atom is 0.278 e. The van der Waals surface area contributed by atoms with Crippen molar-refractivity contribution in [1.82, 2.24) is 4.98 Å². The van der Waals surface area contributed by atoms with Crippen LogP contribution in [0.1, 0.15) is 5.56 Å². The van der Waals surface area contributed by atoms with Crippen molar-refractivity contribution in [2.45, 2.75) is 11.6 Å². The van der Waals surface area contributed by atoms with Gasteiger partial charge < -0.3 is 4.74 Å². The van der Waals surface area contributed by atoms with E-state index in [0.717, 1.165) is 5.56 Å². The van der Waals surface area contributed by atoms with Crippen LogP contribution in [0.5, 0.6) is 5.75 Å². The van der Waals surface area contributed by atoms with Crippen LogP contribution in [0.15, 0.2) is 47.5 Å². The summed E-state index contributed by atoms with van der Waals surface area (Å²) in [5.74, 6) is 0.419. The molecule has 2 rings (SSSR count). The number of halogens is 2. The molecule has 0 unspecified atom stereocenters. The van der Waals surface area contributed by atoms with Gasteiger partial charge in [-0.05, 0) is 28.2 Å². The summed E-state index contributed by atoms with van der Waals surface area (Å²) < 4.78 is 28.6. The van der Waals surface area contributed by atoms with Crippen LogP contribution in [-0.2, 0) is 15.7 Å². The molecule has 0 radical (unpaired) electrons. The number of aromatic nitrogens is 1. The van der Waals surface area contributed by atoms with Gasteiger partial charge in [-0.25, -0.2) is 13.4 Å². The summed E-state index contributed by atoms with van der Waals surface area (Å²) in [5.41, 5.74) is 0.990. The van der Waals surface area contributed by atoms with E-state index in [9.17, 15) is 8.42 Å². The number of ether oxygens (including phenoxy) is 1. The Labute approximate surface area is 129 Å². The largest absolute Gasteiger partial charge is 0.489 e. The van der Waals surface area contributed by atoms with Gasteiger partial charge in [0.25, 0.3) is 9.05 Å². The predicted octanol–water partition coefficient (Wildman–Crippen LogP) is 3.19. The zero-order valence-electron chi connectivity index (χ0n) is 9.58. The SMILES string of the molecule is O=S(=O)(Cl)c1cc(OCc2ccccc2)cc(I)n1. The van der Waals surface area contributed by atoms with Crippen molar-refractivity contribution < 1.29 is 13.2 Å². The fourth-order valence-corrected chi connectivity index (χ4v) is 2.83. The minimum atomic E-state index is -3.85. The van der Waals surface area contributed by atoms with E-state index in [0.29, 0.717) is 16.1 Å². The van der Waals surface area contributed by atoms with Crippen LogP contribution in [0.4, 0.5) is 0 Å². The van der Waals surface area contributed by atoms with Gasteiger partial charge in [0.2, 0.25) is 0 Å². The molecule has 0 aliphatic carbocycles. The van der Waals surface area contributed by atoms with Crippen molar-refractivity contribution in [2.24, 2.45) is 0 Å². The second kappa shape index (κ2) is 6.06. The van der Waals surface area contributed by atoms with Crippen LogP contribution in [0, 0.1) is 3.70 Å². The first-order valence-corrected chi connectivity index (χ1v) is 8.63. The molecule has 2 aromatic rings. The zero-order chi connectivity index (χ0) is 13.9. The predicted molar refractivity (Wildman–Crippen MR) is 80.8 cm³/mol. The van der Waals surface area contributed by atoms with Crippen LogP contribution in [0.25, 0.3) is 0 Å². The van der Waals surface area contributed by atoms with Crippen LogP contribution in [0.3, 0.4) is 0 Å². The highest BCUT2D eigenvalue weighted by Crippen LogP contribution is 2.22. The number of benzene rings is 1. The van der Waals surface area contributed by atoms with Crippen LogP contribution < -0.4 is 4.74 Å². The molecule has 1 aromatic carbocycles. The van der Waals surface area contributed by atoms with Crippen molar-refractivity contribution in [3.63, 3.8) is 0 Å². The van der Waals surface area contributed by atoms with E-state index >= 15 is 0 Å². The highest BCUT2D eigenvalue weighted by atomic mass is 127. The van der Waals surface area contributed by atoms with E-state index < -0.39 is 9.05 Å². The van der Waals surface area contributed by atoms with Crippen molar-refractivity contribution in [3.8, 4) is 5.75 Å². The Balaban J connectivity index is 2.19. The minimum absolute atomic E-state index is 0.205. The lowest BCUT2D eigenvalue weighted by molar-refractivity contribution is 0.304. The molecule has 100 valence electrons. The first-order chi connectivity index (χ1) is 8.95. The molecular formula is C12H9ClINO3S. The number of pyridine rings is 1. The molecule has 0 saturated carbocycles. The summed E-state index contributed by atoms with van der Waals surface area (Å²) in [7, 11) is 1.42. The molecule has 1 heterocycles. The van der Waals surface area contributed by atoms with Crippen LogP contribution in [0.2, 0.25) is 0 Å². The fraction of sp³-hybridized carbons (Fsp3) is 0.0833. The molecule has 0 aliphatic heterocycles. The number of hydrogen-bond acceptors (Lipinski definition) is 4. The van der Waals surface area contributed by atoms with Crippen molar-refractivity contribution >= 4 is 42.3 Å². The summed E-state index contributed by atoms with van der Waals surface area (Å²) in [6, 6.07) is 12.5. The van der Waals surface area contributed by atoms with Gasteiger partial charge in [0.05, 0.1) is 0 Å². The van der Waals surface area contributed by atoms with E-state index in [1.54, 1.807) is 6.07 Å². The molecule has 0 amide bonds. The quantitative estimate of drug-likeness (QED) is 0.442. The summed E-state index contributed by atoms with van der Waals surface area (Å²) >= 11 is 1.91. The highest BCUT2D eigenvalue weighted by molar-refractivity contribution is 14.1. The lowest BCUT2D eigenvalue weighted by Crippen LogP contribution is -2.00. The monoisotopic (exact) mass is 409 g/mol. The molecule has 7 heteroatoms. The van der Waals surface area contributed by atoms with Gasteiger partial charge in [-0.3, -0.25) is 0 Å². The minimum Gasteiger partial charge on any atom is -0.489 e. The van der Waals surface area contributed by atoms with Gasteiger partial charge in [0.15, 0.2) is 5.03 Å². The average Bonchev–Trinajstić information content (AvgIpc) is 2.36. The van der Waals surface area contributed by atoms with Gasteiger partial charge in [-0.1, -0.05) is 30.3 Å². The Hall–Kier alpha value is -0.860. The van der Waals surface area contributed by atoms with Gasteiger partial charge in [-0.2, -0.15) is 0 Å². The molecule has 0 saturated heterocycles. The van der Waals surface area contributed by atoms with E-state index in [-0.39, 0.29) is 5.03 Å². The lowest BCUT2D eigenvalue weighted by Gasteiger charge is -2.07.